The number of hydrogen-bond donors (Lipinski definition) is 1. The highest BCUT2D eigenvalue weighted by molar-refractivity contribution is 5.95. The molecule has 1 aromatic heterocycles. The zero-order valence-corrected chi connectivity index (χ0v) is 15.9. The molecule has 5 rings (SSSR count). The Morgan fingerprint density at radius 3 is 2.90 bits per heavy atom. The number of pyridine rings is 1. The lowest BCUT2D eigenvalue weighted by Crippen LogP contribution is -2.37. The minimum Gasteiger partial charge on any atom is -0.454 e. The Hall–Kier alpha value is -3.54. The number of hydrogen-bond acceptors (Lipinski definition) is 5. The van der Waals surface area contributed by atoms with Gasteiger partial charge in [0.05, 0.1) is 6.04 Å². The number of nitrogens with one attached hydrogen (secondary N) is 1. The van der Waals surface area contributed by atoms with Gasteiger partial charge >= 0.3 is 0 Å². The second kappa shape index (κ2) is 7.47. The highest BCUT2D eigenvalue weighted by atomic mass is 16.7. The van der Waals surface area contributed by atoms with Crippen molar-refractivity contribution in [3.8, 4) is 11.5 Å². The van der Waals surface area contributed by atoms with Crippen LogP contribution in [0, 0.1) is 0 Å². The van der Waals surface area contributed by atoms with Gasteiger partial charge in [0.15, 0.2) is 11.5 Å². The van der Waals surface area contributed by atoms with E-state index >= 15 is 0 Å². The average molecular weight is 387 g/mol. The van der Waals surface area contributed by atoms with E-state index in [-0.39, 0.29) is 18.7 Å². The fourth-order valence-electron chi connectivity index (χ4n) is 4.00. The summed E-state index contributed by atoms with van der Waals surface area (Å²) >= 11 is 0. The van der Waals surface area contributed by atoms with Gasteiger partial charge in [0.1, 0.15) is 0 Å². The zero-order valence-electron chi connectivity index (χ0n) is 15.9. The molecule has 2 aromatic carbocycles. The van der Waals surface area contributed by atoms with Crippen molar-refractivity contribution in [3.05, 3.63) is 83.7 Å². The van der Waals surface area contributed by atoms with Crippen LogP contribution >= 0.6 is 0 Å². The molecule has 0 fully saturated rings. The number of nitrogens with zero attached hydrogens (tertiary/aromatic N) is 2. The SMILES string of the molecule is O=C(NC[C@@H](c1cccnc1)N1CCc2ccccc21)c1ccc2c(c1)OCO2. The largest absolute Gasteiger partial charge is 0.454 e. The maximum Gasteiger partial charge on any atom is 0.251 e. The maximum atomic E-state index is 12.8. The molecule has 1 N–H and O–H groups in total. The van der Waals surface area contributed by atoms with E-state index in [9.17, 15) is 4.79 Å². The van der Waals surface area contributed by atoms with Gasteiger partial charge in [0, 0.05) is 36.7 Å². The molecule has 0 saturated carbocycles. The van der Waals surface area contributed by atoms with Gasteiger partial charge in [-0.25, -0.2) is 0 Å². The van der Waals surface area contributed by atoms with E-state index in [1.807, 2.05) is 12.3 Å². The monoisotopic (exact) mass is 387 g/mol. The Morgan fingerprint density at radius 2 is 2.00 bits per heavy atom. The second-order valence-electron chi connectivity index (χ2n) is 7.15. The van der Waals surface area contributed by atoms with Crippen molar-refractivity contribution in [2.45, 2.75) is 12.5 Å². The van der Waals surface area contributed by atoms with Crippen LogP contribution in [-0.4, -0.2) is 30.8 Å². The van der Waals surface area contributed by atoms with E-state index in [4.69, 9.17) is 9.47 Å². The average Bonchev–Trinajstić information content (AvgIpc) is 3.41. The lowest BCUT2D eigenvalue weighted by atomic mass is 10.1. The summed E-state index contributed by atoms with van der Waals surface area (Å²) in [6, 6.07) is 17.7. The number of ether oxygens (including phenoxy) is 2. The molecule has 3 heterocycles. The predicted molar refractivity (Wildman–Crippen MR) is 109 cm³/mol. The van der Waals surface area contributed by atoms with Gasteiger partial charge in [-0.2, -0.15) is 0 Å². The number of carbonyl (C=O) groups excluding carboxylic acids is 1. The van der Waals surface area contributed by atoms with Crippen molar-refractivity contribution < 1.29 is 14.3 Å². The number of carbonyl (C=O) groups is 1. The molecule has 29 heavy (non-hydrogen) atoms. The number of aromatic nitrogens is 1. The third kappa shape index (κ3) is 3.38. The summed E-state index contributed by atoms with van der Waals surface area (Å²) in [6.07, 6.45) is 4.64. The van der Waals surface area contributed by atoms with E-state index in [2.05, 4.69) is 45.5 Å². The highest BCUT2D eigenvalue weighted by Crippen LogP contribution is 2.35. The molecule has 2 aliphatic rings. The van der Waals surface area contributed by atoms with Crippen molar-refractivity contribution in [1.82, 2.24) is 10.3 Å². The number of amides is 1. The van der Waals surface area contributed by atoms with Crippen LogP contribution in [0.1, 0.15) is 27.5 Å². The third-order valence-electron chi connectivity index (χ3n) is 5.46. The normalized spacial score (nSPS) is 15.1. The fraction of sp³-hybridized carbons (Fsp3) is 0.217. The van der Waals surface area contributed by atoms with Gasteiger partial charge in [-0.1, -0.05) is 24.3 Å². The molecule has 1 atom stereocenters. The topological polar surface area (TPSA) is 63.7 Å². The number of rotatable bonds is 5. The van der Waals surface area contributed by atoms with E-state index < -0.39 is 0 Å². The first-order valence-corrected chi connectivity index (χ1v) is 9.72. The van der Waals surface area contributed by atoms with Gasteiger partial charge in [-0.05, 0) is 47.9 Å². The van der Waals surface area contributed by atoms with Gasteiger partial charge in [0.2, 0.25) is 6.79 Å². The van der Waals surface area contributed by atoms with Crippen LogP contribution in [0.4, 0.5) is 5.69 Å². The molecule has 3 aromatic rings. The first-order valence-electron chi connectivity index (χ1n) is 9.72. The van der Waals surface area contributed by atoms with E-state index in [1.165, 1.54) is 11.3 Å². The summed E-state index contributed by atoms with van der Waals surface area (Å²) in [6.45, 7) is 1.59. The Kier molecular flexibility index (Phi) is 4.52. The van der Waals surface area contributed by atoms with Crippen LogP contribution in [0.5, 0.6) is 11.5 Å². The first kappa shape index (κ1) is 17.6. The van der Waals surface area contributed by atoms with Gasteiger partial charge in [-0.15, -0.1) is 0 Å². The summed E-state index contributed by atoms with van der Waals surface area (Å²) in [5.74, 6) is 1.14. The quantitative estimate of drug-likeness (QED) is 0.727. The minimum atomic E-state index is -0.135. The van der Waals surface area contributed by atoms with Gasteiger partial charge < -0.3 is 19.7 Å². The van der Waals surface area contributed by atoms with Crippen molar-refractivity contribution >= 4 is 11.6 Å². The summed E-state index contributed by atoms with van der Waals surface area (Å²) in [5, 5.41) is 3.09. The van der Waals surface area contributed by atoms with Crippen LogP contribution in [0.15, 0.2) is 67.0 Å². The van der Waals surface area contributed by atoms with Crippen molar-refractivity contribution in [2.75, 3.05) is 24.8 Å². The molecule has 0 spiro atoms. The smallest absolute Gasteiger partial charge is 0.251 e. The molecular weight excluding hydrogens is 366 g/mol. The molecular formula is C23H21N3O3. The molecule has 0 aliphatic carbocycles. The molecule has 0 saturated heterocycles. The van der Waals surface area contributed by atoms with E-state index in [0.717, 1.165) is 18.5 Å². The van der Waals surface area contributed by atoms with Gasteiger partial charge in [0.25, 0.3) is 5.91 Å². The predicted octanol–water partition coefficient (Wildman–Crippen LogP) is 3.34. The molecule has 1 amide bonds. The molecule has 6 nitrogen and oxygen atoms in total. The fourth-order valence-corrected chi connectivity index (χ4v) is 4.00. The third-order valence-corrected chi connectivity index (χ3v) is 5.46. The second-order valence-corrected chi connectivity index (χ2v) is 7.15. The van der Waals surface area contributed by atoms with Gasteiger partial charge in [-0.3, -0.25) is 9.78 Å². The summed E-state index contributed by atoms with van der Waals surface area (Å²) in [7, 11) is 0. The Balaban J connectivity index is 1.37. The number of fused-ring (bicyclic) bond motifs is 2. The maximum absolute atomic E-state index is 12.8. The number of anilines is 1. The molecule has 146 valence electrons. The minimum absolute atomic E-state index is 0.00492. The molecule has 0 unspecified atom stereocenters. The summed E-state index contributed by atoms with van der Waals surface area (Å²) < 4.78 is 10.7. The van der Waals surface area contributed by atoms with E-state index in [0.29, 0.717) is 23.6 Å². The molecule has 0 bridgehead atoms. The van der Waals surface area contributed by atoms with Crippen LogP contribution in [-0.2, 0) is 6.42 Å². The Bertz CT molecular complexity index is 1040. The van der Waals surface area contributed by atoms with Crippen LogP contribution in [0.25, 0.3) is 0 Å². The van der Waals surface area contributed by atoms with Crippen LogP contribution in [0.2, 0.25) is 0 Å². The van der Waals surface area contributed by atoms with Crippen molar-refractivity contribution in [3.63, 3.8) is 0 Å². The summed E-state index contributed by atoms with van der Waals surface area (Å²) in [5.41, 5.74) is 4.19. The molecule has 2 aliphatic heterocycles. The van der Waals surface area contributed by atoms with Crippen LogP contribution in [0.3, 0.4) is 0 Å². The van der Waals surface area contributed by atoms with Crippen molar-refractivity contribution in [1.29, 1.82) is 0 Å². The van der Waals surface area contributed by atoms with Crippen molar-refractivity contribution in [2.24, 2.45) is 0 Å². The number of para-hydroxylation sites is 1. The Morgan fingerprint density at radius 1 is 1.10 bits per heavy atom. The zero-order chi connectivity index (χ0) is 19.6. The highest BCUT2D eigenvalue weighted by Gasteiger charge is 2.28. The lowest BCUT2D eigenvalue weighted by molar-refractivity contribution is 0.0950. The summed E-state index contributed by atoms with van der Waals surface area (Å²) in [4.78, 5) is 19.4. The number of benzene rings is 2. The Labute approximate surface area is 169 Å². The van der Waals surface area contributed by atoms with Crippen LogP contribution < -0.4 is 19.7 Å². The molecule has 6 heteroatoms. The van der Waals surface area contributed by atoms with E-state index in [1.54, 1.807) is 24.4 Å². The lowest BCUT2D eigenvalue weighted by Gasteiger charge is -2.31. The first-order chi connectivity index (χ1) is 14.3. The standard InChI is InChI=1S/C23H21N3O3/c27-23(17-7-8-21-22(12-17)29-15-28-21)25-14-20(18-5-3-10-24-13-18)26-11-9-16-4-1-2-6-19(16)26/h1-8,10,12-13,20H,9,11,14-15H2,(H,25,27)/t20-/m0/s1. The molecule has 0 radical (unpaired) electrons.